The van der Waals surface area contributed by atoms with E-state index >= 15 is 0 Å². The molecule has 0 aromatic carbocycles. The number of hydrogen-bond donors (Lipinski definition) is 2. The van der Waals surface area contributed by atoms with Gasteiger partial charge in [-0.3, -0.25) is 4.79 Å². The number of nitrogens with two attached hydrogens (primary N) is 1. The number of anilines is 1. The lowest BCUT2D eigenvalue weighted by molar-refractivity contribution is 0.0952. The first kappa shape index (κ1) is 11.6. The van der Waals surface area contributed by atoms with Crippen molar-refractivity contribution >= 4 is 33.3 Å². The molecule has 1 amide bonds. The van der Waals surface area contributed by atoms with Crippen LogP contribution < -0.4 is 11.1 Å². The maximum Gasteiger partial charge on any atom is 0.264 e. The van der Waals surface area contributed by atoms with Crippen molar-refractivity contribution in [2.24, 2.45) is 0 Å². The van der Waals surface area contributed by atoms with Crippen LogP contribution in [0.2, 0.25) is 0 Å². The summed E-state index contributed by atoms with van der Waals surface area (Å²) >= 11 is 1.21. The summed E-state index contributed by atoms with van der Waals surface area (Å²) in [6.45, 7) is 0.257. The van der Waals surface area contributed by atoms with Crippen molar-refractivity contribution in [3.8, 4) is 0 Å². The van der Waals surface area contributed by atoms with Crippen LogP contribution in [0.4, 0.5) is 5.69 Å². The highest BCUT2D eigenvalue weighted by molar-refractivity contribution is 7.21. The van der Waals surface area contributed by atoms with Crippen LogP contribution in [-0.4, -0.2) is 21.0 Å². The van der Waals surface area contributed by atoms with Crippen LogP contribution in [0.5, 0.6) is 0 Å². The third-order valence-corrected chi connectivity index (χ3v) is 3.59. The zero-order chi connectivity index (χ0) is 13.2. The summed E-state index contributed by atoms with van der Waals surface area (Å²) in [4.78, 5) is 21.3. The van der Waals surface area contributed by atoms with E-state index < -0.39 is 0 Å². The zero-order valence-electron chi connectivity index (χ0n) is 9.66. The van der Waals surface area contributed by atoms with Gasteiger partial charge in [0, 0.05) is 18.5 Å². The Balaban J connectivity index is 1.83. The Morgan fingerprint density at radius 2 is 2.21 bits per heavy atom. The molecule has 3 rings (SSSR count). The van der Waals surface area contributed by atoms with E-state index in [1.165, 1.54) is 17.5 Å². The van der Waals surface area contributed by atoms with Crippen molar-refractivity contribution in [3.63, 3.8) is 0 Å². The third kappa shape index (κ3) is 2.13. The van der Waals surface area contributed by atoms with Crippen molar-refractivity contribution in [2.45, 2.75) is 6.54 Å². The van der Waals surface area contributed by atoms with Gasteiger partial charge in [-0.1, -0.05) is 5.16 Å². The number of thiophene rings is 1. The second kappa shape index (κ2) is 4.65. The maximum absolute atomic E-state index is 12.0. The number of fused-ring (bicyclic) bond motifs is 1. The minimum absolute atomic E-state index is 0.257. The predicted octanol–water partition coefficient (Wildman–Crippen LogP) is 1.19. The number of nitrogen functional groups attached to an aromatic ring is 1. The smallest absolute Gasteiger partial charge is 0.264 e. The van der Waals surface area contributed by atoms with E-state index in [1.807, 2.05) is 0 Å². The fourth-order valence-corrected chi connectivity index (χ4v) is 2.53. The van der Waals surface area contributed by atoms with Gasteiger partial charge in [-0.15, -0.1) is 11.3 Å². The summed E-state index contributed by atoms with van der Waals surface area (Å²) in [6.07, 6.45) is 4.62. The predicted molar refractivity (Wildman–Crippen MR) is 69.5 cm³/mol. The highest BCUT2D eigenvalue weighted by Gasteiger charge is 2.17. The first-order chi connectivity index (χ1) is 9.25. The largest absolute Gasteiger partial charge is 0.396 e. The normalized spacial score (nSPS) is 10.7. The number of carbonyl (C=O) groups is 1. The first-order valence-corrected chi connectivity index (χ1v) is 6.24. The molecule has 0 saturated heterocycles. The molecule has 19 heavy (non-hydrogen) atoms. The van der Waals surface area contributed by atoms with E-state index in [0.29, 0.717) is 26.7 Å². The molecule has 96 valence electrons. The minimum Gasteiger partial charge on any atom is -0.396 e. The average Bonchev–Trinajstić information content (AvgIpc) is 3.05. The minimum atomic E-state index is -0.279. The zero-order valence-corrected chi connectivity index (χ0v) is 10.5. The van der Waals surface area contributed by atoms with Gasteiger partial charge in [0.2, 0.25) is 0 Å². The molecule has 0 spiro atoms. The van der Waals surface area contributed by atoms with Crippen LogP contribution in [0.3, 0.4) is 0 Å². The Morgan fingerprint density at radius 1 is 1.37 bits per heavy atom. The molecular formula is C11H9N5O2S. The van der Waals surface area contributed by atoms with Gasteiger partial charge in [0.1, 0.15) is 15.2 Å². The summed E-state index contributed by atoms with van der Waals surface area (Å²) in [7, 11) is 0. The summed E-state index contributed by atoms with van der Waals surface area (Å²) < 4.78 is 4.89. The average molecular weight is 275 g/mol. The maximum atomic E-state index is 12.0. The Morgan fingerprint density at radius 3 is 2.95 bits per heavy atom. The second-order valence-corrected chi connectivity index (χ2v) is 4.72. The SMILES string of the molecule is Nc1c(C(=O)NCc2ccno2)sc2nccnc12. The molecule has 3 aromatic heterocycles. The molecule has 0 radical (unpaired) electrons. The summed E-state index contributed by atoms with van der Waals surface area (Å²) in [5, 5.41) is 6.26. The topological polar surface area (TPSA) is 107 Å². The standard InChI is InChI=1S/C11H9N5O2S/c12-7-8-11(14-4-3-13-8)19-9(7)10(17)15-5-6-1-2-16-18-6/h1-4H,5,12H2,(H,15,17). The van der Waals surface area contributed by atoms with Gasteiger partial charge in [0.05, 0.1) is 18.4 Å². The van der Waals surface area contributed by atoms with Gasteiger partial charge in [0.25, 0.3) is 5.91 Å². The molecule has 8 heteroatoms. The van der Waals surface area contributed by atoms with Crippen molar-refractivity contribution in [2.75, 3.05) is 5.73 Å². The van der Waals surface area contributed by atoms with Gasteiger partial charge in [-0.2, -0.15) is 0 Å². The fourth-order valence-electron chi connectivity index (χ4n) is 1.59. The molecule has 0 unspecified atom stereocenters. The van der Waals surface area contributed by atoms with Crippen molar-refractivity contribution in [1.29, 1.82) is 0 Å². The number of nitrogens with zero attached hydrogens (tertiary/aromatic N) is 3. The van der Waals surface area contributed by atoms with Crippen LogP contribution in [0.25, 0.3) is 10.3 Å². The molecule has 7 nitrogen and oxygen atoms in total. The van der Waals surface area contributed by atoms with E-state index in [0.717, 1.165) is 0 Å². The van der Waals surface area contributed by atoms with Crippen LogP contribution in [0.1, 0.15) is 15.4 Å². The van der Waals surface area contributed by atoms with E-state index in [1.54, 1.807) is 18.5 Å². The van der Waals surface area contributed by atoms with Crippen LogP contribution in [-0.2, 0) is 6.54 Å². The molecule has 3 N–H and O–H groups in total. The Labute approximate surface area is 111 Å². The fraction of sp³-hybridized carbons (Fsp3) is 0.0909. The second-order valence-electron chi connectivity index (χ2n) is 3.72. The molecule has 0 aliphatic rings. The molecule has 3 aromatic rings. The number of carbonyl (C=O) groups excluding carboxylic acids is 1. The van der Waals surface area contributed by atoms with Crippen molar-refractivity contribution in [3.05, 3.63) is 35.3 Å². The quantitative estimate of drug-likeness (QED) is 0.743. The monoisotopic (exact) mass is 275 g/mol. The highest BCUT2D eigenvalue weighted by atomic mass is 32.1. The lowest BCUT2D eigenvalue weighted by Crippen LogP contribution is -2.22. The lowest BCUT2D eigenvalue weighted by atomic mass is 10.3. The number of amides is 1. The van der Waals surface area contributed by atoms with E-state index in [2.05, 4.69) is 20.4 Å². The molecular weight excluding hydrogens is 266 g/mol. The Hall–Kier alpha value is -2.48. The van der Waals surface area contributed by atoms with E-state index in [-0.39, 0.29) is 12.5 Å². The lowest BCUT2D eigenvalue weighted by Gasteiger charge is -2.00. The number of nitrogens with one attached hydrogen (secondary N) is 1. The van der Waals surface area contributed by atoms with Crippen molar-refractivity contribution in [1.82, 2.24) is 20.4 Å². The van der Waals surface area contributed by atoms with E-state index in [4.69, 9.17) is 10.3 Å². The molecule has 0 fully saturated rings. The van der Waals surface area contributed by atoms with Gasteiger partial charge in [-0.05, 0) is 0 Å². The number of aromatic nitrogens is 3. The summed E-state index contributed by atoms with van der Waals surface area (Å²) in [5.74, 6) is 0.294. The molecule has 0 aliphatic carbocycles. The van der Waals surface area contributed by atoms with Crippen LogP contribution >= 0.6 is 11.3 Å². The van der Waals surface area contributed by atoms with Gasteiger partial charge in [-0.25, -0.2) is 9.97 Å². The Kier molecular flexibility index (Phi) is 2.84. The van der Waals surface area contributed by atoms with Gasteiger partial charge in [0.15, 0.2) is 5.76 Å². The third-order valence-electron chi connectivity index (χ3n) is 2.48. The number of hydrogen-bond acceptors (Lipinski definition) is 7. The number of rotatable bonds is 3. The van der Waals surface area contributed by atoms with Gasteiger partial charge < -0.3 is 15.6 Å². The van der Waals surface area contributed by atoms with E-state index in [9.17, 15) is 4.79 Å². The first-order valence-electron chi connectivity index (χ1n) is 5.42. The molecule has 3 heterocycles. The van der Waals surface area contributed by atoms with Gasteiger partial charge >= 0.3 is 0 Å². The summed E-state index contributed by atoms with van der Waals surface area (Å²) in [6, 6.07) is 1.68. The summed E-state index contributed by atoms with van der Waals surface area (Å²) in [5.41, 5.74) is 6.80. The van der Waals surface area contributed by atoms with Crippen LogP contribution in [0, 0.1) is 0 Å². The molecule has 0 saturated carbocycles. The van der Waals surface area contributed by atoms with Crippen molar-refractivity contribution < 1.29 is 9.32 Å². The Bertz CT molecular complexity index is 722. The molecule has 0 aliphatic heterocycles. The molecule has 0 bridgehead atoms. The molecule has 0 atom stereocenters. The van der Waals surface area contributed by atoms with Crippen LogP contribution in [0.15, 0.2) is 29.2 Å². The highest BCUT2D eigenvalue weighted by Crippen LogP contribution is 2.30.